The summed E-state index contributed by atoms with van der Waals surface area (Å²) in [6.45, 7) is 3.12. The zero-order chi connectivity index (χ0) is 14.5. The Morgan fingerprint density at radius 1 is 1.40 bits per heavy atom. The zero-order valence-electron chi connectivity index (χ0n) is 11.8. The van der Waals surface area contributed by atoms with E-state index in [1.807, 2.05) is 6.07 Å². The van der Waals surface area contributed by atoms with Gasteiger partial charge in [-0.3, -0.25) is 16.0 Å². The van der Waals surface area contributed by atoms with Crippen LogP contribution in [0.15, 0.2) is 18.2 Å². The molecule has 1 atom stereocenters. The van der Waals surface area contributed by atoms with Gasteiger partial charge in [0, 0.05) is 30.4 Å². The van der Waals surface area contributed by atoms with Crippen LogP contribution in [0, 0.1) is 10.1 Å². The maximum atomic E-state index is 11.0. The van der Waals surface area contributed by atoms with E-state index in [9.17, 15) is 10.1 Å². The molecule has 6 heteroatoms. The zero-order valence-corrected chi connectivity index (χ0v) is 11.8. The van der Waals surface area contributed by atoms with Crippen molar-refractivity contribution in [1.29, 1.82) is 0 Å². The topological polar surface area (TPSA) is 84.4 Å². The molecule has 0 aliphatic carbocycles. The van der Waals surface area contributed by atoms with Crippen molar-refractivity contribution in [3.8, 4) is 0 Å². The molecule has 1 saturated heterocycles. The minimum atomic E-state index is -0.372. The van der Waals surface area contributed by atoms with Crippen molar-refractivity contribution in [2.45, 2.75) is 45.1 Å². The van der Waals surface area contributed by atoms with E-state index < -0.39 is 0 Å². The van der Waals surface area contributed by atoms with Crippen molar-refractivity contribution < 1.29 is 4.92 Å². The van der Waals surface area contributed by atoms with Gasteiger partial charge in [0.2, 0.25) is 0 Å². The Balaban J connectivity index is 2.37. The molecule has 1 aliphatic heterocycles. The SMILES string of the molecule is CCC1CCCCCN1c1cc(NN)cc([N+](=O)[O-])c1. The molecule has 3 N–H and O–H groups in total. The molecule has 1 aromatic rings. The molecule has 6 nitrogen and oxygen atoms in total. The predicted octanol–water partition coefficient (Wildman–Crippen LogP) is 3.04. The monoisotopic (exact) mass is 278 g/mol. The van der Waals surface area contributed by atoms with E-state index in [1.54, 1.807) is 6.07 Å². The van der Waals surface area contributed by atoms with Crippen LogP contribution < -0.4 is 16.2 Å². The standard InChI is InChI=1S/C14H22N4O2/c1-2-12-6-4-3-5-7-17(12)13-8-11(16-15)9-14(10-13)18(19)20/h8-10,12,16H,2-7,15H2,1H3. The van der Waals surface area contributed by atoms with E-state index in [0.29, 0.717) is 11.7 Å². The third-order valence-electron chi connectivity index (χ3n) is 3.96. The van der Waals surface area contributed by atoms with Gasteiger partial charge in [0.1, 0.15) is 0 Å². The van der Waals surface area contributed by atoms with Crippen LogP contribution in [0.4, 0.5) is 17.1 Å². The molecular formula is C14H22N4O2. The van der Waals surface area contributed by atoms with Crippen molar-refractivity contribution in [2.24, 2.45) is 5.84 Å². The third kappa shape index (κ3) is 3.19. The summed E-state index contributed by atoms with van der Waals surface area (Å²) in [6, 6.07) is 5.45. The Morgan fingerprint density at radius 2 is 2.20 bits per heavy atom. The lowest BCUT2D eigenvalue weighted by Crippen LogP contribution is -2.34. The van der Waals surface area contributed by atoms with Gasteiger partial charge in [-0.15, -0.1) is 0 Å². The molecule has 1 fully saturated rings. The second-order valence-corrected chi connectivity index (χ2v) is 5.24. The third-order valence-corrected chi connectivity index (χ3v) is 3.96. The molecule has 110 valence electrons. The van der Waals surface area contributed by atoms with Gasteiger partial charge in [-0.05, 0) is 25.3 Å². The van der Waals surface area contributed by atoms with Crippen LogP contribution >= 0.6 is 0 Å². The highest BCUT2D eigenvalue weighted by atomic mass is 16.6. The quantitative estimate of drug-likeness (QED) is 0.502. The van der Waals surface area contributed by atoms with Crippen LogP contribution in [0.3, 0.4) is 0 Å². The number of anilines is 2. The largest absolute Gasteiger partial charge is 0.368 e. The number of benzene rings is 1. The normalized spacial score (nSPS) is 19.5. The van der Waals surface area contributed by atoms with Crippen LogP contribution in [0.5, 0.6) is 0 Å². The van der Waals surface area contributed by atoms with Gasteiger partial charge in [-0.2, -0.15) is 0 Å². The van der Waals surface area contributed by atoms with E-state index >= 15 is 0 Å². The molecule has 1 aliphatic rings. The Bertz CT molecular complexity index is 478. The Hall–Kier alpha value is -1.82. The maximum absolute atomic E-state index is 11.0. The summed E-state index contributed by atoms with van der Waals surface area (Å²) >= 11 is 0. The van der Waals surface area contributed by atoms with Crippen LogP contribution in [0.25, 0.3) is 0 Å². The highest BCUT2D eigenvalue weighted by Gasteiger charge is 2.22. The molecular weight excluding hydrogens is 256 g/mol. The van der Waals surface area contributed by atoms with Crippen molar-refractivity contribution in [3.63, 3.8) is 0 Å². The van der Waals surface area contributed by atoms with Gasteiger partial charge >= 0.3 is 0 Å². The lowest BCUT2D eigenvalue weighted by atomic mass is 10.1. The number of nitrogens with two attached hydrogens (primary N) is 1. The van der Waals surface area contributed by atoms with Crippen molar-refractivity contribution in [2.75, 3.05) is 16.9 Å². The first-order valence-corrected chi connectivity index (χ1v) is 7.18. The predicted molar refractivity (Wildman–Crippen MR) is 80.8 cm³/mol. The Labute approximate surface area is 119 Å². The van der Waals surface area contributed by atoms with E-state index in [0.717, 1.165) is 31.5 Å². The number of non-ortho nitro benzene ring substituents is 1. The van der Waals surface area contributed by atoms with Crippen LogP contribution in [-0.4, -0.2) is 17.5 Å². The van der Waals surface area contributed by atoms with Crippen LogP contribution in [0.1, 0.15) is 39.0 Å². The first kappa shape index (κ1) is 14.6. The molecule has 0 saturated carbocycles. The van der Waals surface area contributed by atoms with E-state index in [4.69, 9.17) is 5.84 Å². The molecule has 2 rings (SSSR count). The maximum Gasteiger partial charge on any atom is 0.273 e. The van der Waals surface area contributed by atoms with Gasteiger partial charge in [0.15, 0.2) is 0 Å². The minimum absolute atomic E-state index is 0.0783. The van der Waals surface area contributed by atoms with Gasteiger partial charge < -0.3 is 10.3 Å². The van der Waals surface area contributed by atoms with E-state index in [-0.39, 0.29) is 10.6 Å². The first-order chi connectivity index (χ1) is 9.65. The van der Waals surface area contributed by atoms with Gasteiger partial charge in [-0.25, -0.2) is 0 Å². The summed E-state index contributed by atoms with van der Waals surface area (Å²) in [7, 11) is 0. The van der Waals surface area contributed by atoms with Gasteiger partial charge in [0.25, 0.3) is 5.69 Å². The molecule has 0 bridgehead atoms. The fourth-order valence-electron chi connectivity index (χ4n) is 2.89. The van der Waals surface area contributed by atoms with Gasteiger partial charge in [0.05, 0.1) is 10.6 Å². The molecule has 1 aromatic carbocycles. The van der Waals surface area contributed by atoms with Gasteiger partial charge in [-0.1, -0.05) is 19.8 Å². The molecule has 1 heterocycles. The summed E-state index contributed by atoms with van der Waals surface area (Å²) in [6.07, 6.45) is 5.78. The molecule has 0 amide bonds. The first-order valence-electron chi connectivity index (χ1n) is 7.18. The number of hydrogen-bond donors (Lipinski definition) is 2. The molecule has 0 aromatic heterocycles. The van der Waals surface area contributed by atoms with Crippen LogP contribution in [0.2, 0.25) is 0 Å². The summed E-state index contributed by atoms with van der Waals surface area (Å²) in [5, 5.41) is 11.0. The van der Waals surface area contributed by atoms with E-state index in [2.05, 4.69) is 17.2 Å². The summed E-state index contributed by atoms with van der Waals surface area (Å²) in [5.74, 6) is 5.42. The lowest BCUT2D eigenvalue weighted by molar-refractivity contribution is -0.384. The number of hydrazine groups is 1. The Kier molecular flexibility index (Phi) is 4.79. The molecule has 1 unspecified atom stereocenters. The summed E-state index contributed by atoms with van der Waals surface area (Å²) in [4.78, 5) is 13.0. The lowest BCUT2D eigenvalue weighted by Gasteiger charge is -2.31. The number of nitrogens with zero attached hydrogens (tertiary/aromatic N) is 2. The second-order valence-electron chi connectivity index (χ2n) is 5.24. The fourth-order valence-corrected chi connectivity index (χ4v) is 2.89. The van der Waals surface area contributed by atoms with Crippen molar-refractivity contribution in [1.82, 2.24) is 0 Å². The average Bonchev–Trinajstić information content (AvgIpc) is 2.71. The number of rotatable bonds is 4. The van der Waals surface area contributed by atoms with Crippen molar-refractivity contribution >= 4 is 17.1 Å². The highest BCUT2D eigenvalue weighted by molar-refractivity contribution is 5.64. The smallest absolute Gasteiger partial charge is 0.273 e. The van der Waals surface area contributed by atoms with Crippen molar-refractivity contribution in [3.05, 3.63) is 28.3 Å². The number of hydrogen-bond acceptors (Lipinski definition) is 5. The summed E-state index contributed by atoms with van der Waals surface area (Å²) in [5.41, 5.74) is 4.06. The second kappa shape index (κ2) is 6.56. The summed E-state index contributed by atoms with van der Waals surface area (Å²) < 4.78 is 0. The number of nitro benzene ring substituents is 1. The van der Waals surface area contributed by atoms with Crippen LogP contribution in [-0.2, 0) is 0 Å². The molecule has 20 heavy (non-hydrogen) atoms. The minimum Gasteiger partial charge on any atom is -0.368 e. The van der Waals surface area contributed by atoms with E-state index in [1.165, 1.54) is 18.9 Å². The Morgan fingerprint density at radius 3 is 2.85 bits per heavy atom. The average molecular weight is 278 g/mol. The number of nitrogen functional groups attached to an aromatic ring is 1. The number of nitro groups is 1. The molecule has 0 radical (unpaired) electrons. The number of nitrogens with one attached hydrogen (secondary N) is 1. The highest BCUT2D eigenvalue weighted by Crippen LogP contribution is 2.31. The fraction of sp³-hybridized carbons (Fsp3) is 0.571. The molecule has 0 spiro atoms.